The quantitative estimate of drug-likeness (QED) is 0.612. The van der Waals surface area contributed by atoms with E-state index >= 15 is 0 Å². The summed E-state index contributed by atoms with van der Waals surface area (Å²) in [6, 6.07) is 8.20. The van der Waals surface area contributed by atoms with Crippen LogP contribution < -0.4 is 15.4 Å². The van der Waals surface area contributed by atoms with Gasteiger partial charge in [-0.2, -0.15) is 0 Å². The molecule has 0 spiro atoms. The van der Waals surface area contributed by atoms with Crippen molar-refractivity contribution in [1.82, 2.24) is 14.8 Å². The predicted molar refractivity (Wildman–Crippen MR) is 105 cm³/mol. The first kappa shape index (κ1) is 19.2. The second-order valence-electron chi connectivity index (χ2n) is 6.51. The zero-order valence-electron chi connectivity index (χ0n) is 16.2. The lowest BCUT2D eigenvalue weighted by atomic mass is 10.2. The molecular weight excluding hydrogens is 360 g/mol. The Balaban J connectivity index is 1.74. The van der Waals surface area contributed by atoms with E-state index in [0.717, 1.165) is 21.9 Å². The van der Waals surface area contributed by atoms with Gasteiger partial charge in [0.15, 0.2) is 0 Å². The fourth-order valence-electron chi connectivity index (χ4n) is 2.98. The number of nitrogens with zero attached hydrogens (tertiary/aromatic N) is 2. The molecule has 1 saturated heterocycles. The molecule has 1 aromatic carbocycles. The molecule has 1 aliphatic rings. The summed E-state index contributed by atoms with van der Waals surface area (Å²) in [4.78, 5) is 38.0. The number of anilines is 1. The maximum Gasteiger partial charge on any atom is 0.329 e. The molecule has 4 amide bonds. The van der Waals surface area contributed by atoms with Crippen molar-refractivity contribution in [3.63, 3.8) is 0 Å². The number of hydrogen-bond acceptors (Lipinski definition) is 4. The molecule has 0 atom stereocenters. The SMILES string of the molecule is COc1ccccc1NC(=O)CN1C(=O)N/C(=C/c2cc(C)n(C)c2C)C1=O. The Hall–Kier alpha value is -3.55. The molecule has 28 heavy (non-hydrogen) atoms. The molecule has 0 bridgehead atoms. The summed E-state index contributed by atoms with van der Waals surface area (Å²) in [5, 5.41) is 5.19. The maximum absolute atomic E-state index is 12.6. The molecule has 1 aromatic heterocycles. The van der Waals surface area contributed by atoms with E-state index in [4.69, 9.17) is 4.74 Å². The third-order valence-corrected chi connectivity index (χ3v) is 4.76. The minimum absolute atomic E-state index is 0.142. The van der Waals surface area contributed by atoms with E-state index in [1.807, 2.05) is 31.5 Å². The van der Waals surface area contributed by atoms with Gasteiger partial charge in [0.1, 0.15) is 18.0 Å². The van der Waals surface area contributed by atoms with E-state index in [1.165, 1.54) is 7.11 Å². The number of imide groups is 1. The number of nitrogens with one attached hydrogen (secondary N) is 2. The molecule has 1 fully saturated rings. The Morgan fingerprint density at radius 2 is 1.96 bits per heavy atom. The van der Waals surface area contributed by atoms with Crippen LogP contribution in [0.1, 0.15) is 17.0 Å². The van der Waals surface area contributed by atoms with Gasteiger partial charge in [-0.15, -0.1) is 0 Å². The van der Waals surface area contributed by atoms with E-state index in [9.17, 15) is 14.4 Å². The van der Waals surface area contributed by atoms with Gasteiger partial charge in [-0.3, -0.25) is 9.59 Å². The van der Waals surface area contributed by atoms with E-state index in [1.54, 1.807) is 30.3 Å². The Morgan fingerprint density at radius 3 is 2.61 bits per heavy atom. The summed E-state index contributed by atoms with van der Waals surface area (Å²) in [7, 11) is 3.42. The largest absolute Gasteiger partial charge is 0.495 e. The number of rotatable bonds is 5. The van der Waals surface area contributed by atoms with Crippen LogP contribution in [-0.2, 0) is 16.6 Å². The van der Waals surface area contributed by atoms with Gasteiger partial charge >= 0.3 is 6.03 Å². The lowest BCUT2D eigenvalue weighted by Crippen LogP contribution is -2.38. The topological polar surface area (TPSA) is 92.7 Å². The summed E-state index contributed by atoms with van der Waals surface area (Å²) in [6.45, 7) is 3.49. The van der Waals surface area contributed by atoms with Gasteiger partial charge in [-0.05, 0) is 43.7 Å². The molecule has 0 unspecified atom stereocenters. The first-order chi connectivity index (χ1) is 13.3. The van der Waals surface area contributed by atoms with E-state index in [2.05, 4.69) is 10.6 Å². The van der Waals surface area contributed by atoms with Crippen LogP contribution in [0.4, 0.5) is 10.5 Å². The van der Waals surface area contributed by atoms with Gasteiger partial charge in [0.05, 0.1) is 12.8 Å². The smallest absolute Gasteiger partial charge is 0.329 e. The summed E-state index contributed by atoms with van der Waals surface area (Å²) in [5.41, 5.74) is 3.45. The maximum atomic E-state index is 12.6. The van der Waals surface area contributed by atoms with Crippen LogP contribution in [0.25, 0.3) is 6.08 Å². The van der Waals surface area contributed by atoms with Crippen molar-refractivity contribution in [2.24, 2.45) is 7.05 Å². The third-order valence-electron chi connectivity index (χ3n) is 4.76. The lowest BCUT2D eigenvalue weighted by Gasteiger charge is -2.13. The Kier molecular flexibility index (Phi) is 5.21. The number of carbonyl (C=O) groups is 3. The second-order valence-corrected chi connectivity index (χ2v) is 6.51. The number of urea groups is 1. The molecule has 2 N–H and O–H groups in total. The van der Waals surface area contributed by atoms with Crippen LogP contribution in [0.2, 0.25) is 0 Å². The van der Waals surface area contributed by atoms with E-state index in [0.29, 0.717) is 11.4 Å². The van der Waals surface area contributed by atoms with Gasteiger partial charge in [0.2, 0.25) is 5.91 Å². The van der Waals surface area contributed by atoms with Crippen LogP contribution in [0.5, 0.6) is 5.75 Å². The van der Waals surface area contributed by atoms with Crippen molar-refractivity contribution >= 4 is 29.6 Å². The number of aromatic nitrogens is 1. The number of hydrogen-bond donors (Lipinski definition) is 2. The zero-order valence-corrected chi connectivity index (χ0v) is 16.2. The standard InChI is InChI=1S/C20H22N4O4/c1-12-9-14(13(2)23(12)3)10-16-19(26)24(20(27)22-16)11-18(25)21-15-7-5-6-8-17(15)28-4/h5-10H,11H2,1-4H3,(H,21,25)(H,22,27)/b16-10+. The monoisotopic (exact) mass is 382 g/mol. The summed E-state index contributed by atoms with van der Waals surface area (Å²) in [6.07, 6.45) is 1.63. The Labute approximate surface area is 162 Å². The van der Waals surface area contributed by atoms with E-state index < -0.39 is 24.4 Å². The molecule has 0 radical (unpaired) electrons. The molecule has 1 aliphatic heterocycles. The number of amides is 4. The summed E-state index contributed by atoms with van der Waals surface area (Å²) < 4.78 is 7.17. The molecule has 3 rings (SSSR count). The molecule has 8 heteroatoms. The van der Waals surface area contributed by atoms with Gasteiger partial charge < -0.3 is 19.9 Å². The van der Waals surface area contributed by atoms with Crippen LogP contribution >= 0.6 is 0 Å². The number of carbonyl (C=O) groups excluding carboxylic acids is 3. The summed E-state index contributed by atoms with van der Waals surface area (Å²) in [5.74, 6) is -0.550. The fourth-order valence-corrected chi connectivity index (χ4v) is 2.98. The van der Waals surface area contributed by atoms with Crippen LogP contribution in [0.15, 0.2) is 36.0 Å². The van der Waals surface area contributed by atoms with Gasteiger partial charge in [0.25, 0.3) is 5.91 Å². The van der Waals surface area contributed by atoms with Gasteiger partial charge in [-0.25, -0.2) is 9.69 Å². The molecule has 0 saturated carbocycles. The number of aryl methyl sites for hydroxylation is 1. The highest BCUT2D eigenvalue weighted by atomic mass is 16.5. The van der Waals surface area contributed by atoms with Crippen LogP contribution in [0.3, 0.4) is 0 Å². The number of ether oxygens (including phenoxy) is 1. The highest BCUT2D eigenvalue weighted by Gasteiger charge is 2.35. The van der Waals surface area contributed by atoms with Gasteiger partial charge in [-0.1, -0.05) is 12.1 Å². The lowest BCUT2D eigenvalue weighted by molar-refractivity contribution is -0.127. The number of methoxy groups -OCH3 is 1. The fraction of sp³-hybridized carbons (Fsp3) is 0.250. The minimum Gasteiger partial charge on any atom is -0.495 e. The van der Waals surface area contributed by atoms with Gasteiger partial charge in [0, 0.05) is 18.4 Å². The average molecular weight is 382 g/mol. The van der Waals surface area contributed by atoms with Crippen molar-refractivity contribution in [3.8, 4) is 5.75 Å². The first-order valence-electron chi connectivity index (χ1n) is 8.72. The van der Waals surface area contributed by atoms with Crippen molar-refractivity contribution in [2.45, 2.75) is 13.8 Å². The first-order valence-corrected chi connectivity index (χ1v) is 8.72. The summed E-state index contributed by atoms with van der Waals surface area (Å²) >= 11 is 0. The van der Waals surface area contributed by atoms with Crippen molar-refractivity contribution < 1.29 is 19.1 Å². The average Bonchev–Trinajstić information content (AvgIpc) is 3.07. The highest BCUT2D eigenvalue weighted by molar-refractivity contribution is 6.16. The molecule has 2 heterocycles. The predicted octanol–water partition coefficient (Wildman–Crippen LogP) is 2.18. The van der Waals surface area contributed by atoms with Crippen LogP contribution in [0, 0.1) is 13.8 Å². The van der Waals surface area contributed by atoms with Crippen molar-refractivity contribution in [2.75, 3.05) is 19.0 Å². The van der Waals surface area contributed by atoms with Crippen LogP contribution in [-0.4, -0.2) is 41.0 Å². The molecule has 0 aliphatic carbocycles. The third kappa shape index (κ3) is 3.62. The highest BCUT2D eigenvalue weighted by Crippen LogP contribution is 2.23. The molecule has 8 nitrogen and oxygen atoms in total. The van der Waals surface area contributed by atoms with E-state index in [-0.39, 0.29) is 5.70 Å². The van der Waals surface area contributed by atoms with Crippen molar-refractivity contribution in [1.29, 1.82) is 0 Å². The number of para-hydroxylation sites is 2. The Bertz CT molecular complexity index is 990. The normalized spacial score (nSPS) is 15.1. The van der Waals surface area contributed by atoms with Crippen molar-refractivity contribution in [3.05, 3.63) is 53.0 Å². The Morgan fingerprint density at radius 1 is 1.25 bits per heavy atom. The molecular formula is C20H22N4O4. The second kappa shape index (κ2) is 7.59. The zero-order chi connectivity index (χ0) is 20.4. The molecule has 2 aromatic rings. The molecule has 146 valence electrons. The minimum atomic E-state index is -0.628. The number of benzene rings is 1.